The summed E-state index contributed by atoms with van der Waals surface area (Å²) in [5.41, 5.74) is 0.106. The maximum atomic E-state index is 12.1. The van der Waals surface area contributed by atoms with Gasteiger partial charge in [-0.25, -0.2) is 0 Å². The molecular weight excluding hydrogens is 256 g/mol. The minimum Gasteiger partial charge on any atom is -0.388 e. The normalized spacial score (nSPS) is 17.5. The highest BCUT2D eigenvalue weighted by molar-refractivity contribution is 5.80. The number of nitrogens with zero attached hydrogens (tertiary/aromatic N) is 1. The zero-order valence-electron chi connectivity index (χ0n) is 11.8. The fourth-order valence-corrected chi connectivity index (χ4v) is 2.31. The summed E-state index contributed by atoms with van der Waals surface area (Å²) in [5, 5.41) is 13.5. The summed E-state index contributed by atoms with van der Waals surface area (Å²) in [6.07, 6.45) is 1.16. The molecule has 1 aliphatic heterocycles. The van der Waals surface area contributed by atoms with E-state index in [1.165, 1.54) is 0 Å². The van der Waals surface area contributed by atoms with Crippen molar-refractivity contribution < 1.29 is 14.6 Å². The summed E-state index contributed by atoms with van der Waals surface area (Å²) >= 11 is 0. The van der Waals surface area contributed by atoms with E-state index in [9.17, 15) is 9.90 Å². The van der Waals surface area contributed by atoms with Crippen LogP contribution >= 0.6 is 0 Å². The zero-order chi connectivity index (χ0) is 14.4. The summed E-state index contributed by atoms with van der Waals surface area (Å²) in [4.78, 5) is 13.6. The van der Waals surface area contributed by atoms with Gasteiger partial charge in [0.2, 0.25) is 5.91 Å². The highest BCUT2D eigenvalue weighted by atomic mass is 16.5. The lowest BCUT2D eigenvalue weighted by molar-refractivity contribution is -0.134. The number of amides is 1. The van der Waals surface area contributed by atoms with Crippen molar-refractivity contribution >= 4 is 11.6 Å². The Kier molecular flexibility index (Phi) is 4.98. The lowest BCUT2D eigenvalue weighted by Gasteiger charge is -2.35. The number of carbonyl (C=O) groups is 1. The van der Waals surface area contributed by atoms with Gasteiger partial charge in [-0.2, -0.15) is 0 Å². The second kappa shape index (κ2) is 6.72. The smallest absolute Gasteiger partial charge is 0.241 e. The number of hydrogen-bond donors (Lipinski definition) is 2. The second-order valence-corrected chi connectivity index (χ2v) is 5.31. The van der Waals surface area contributed by atoms with Gasteiger partial charge in [0.05, 0.1) is 12.1 Å². The maximum Gasteiger partial charge on any atom is 0.241 e. The number of aliphatic hydroxyl groups is 1. The second-order valence-electron chi connectivity index (χ2n) is 5.31. The molecule has 1 aliphatic rings. The number of nitrogens with one attached hydrogen (secondary N) is 1. The Morgan fingerprint density at radius 1 is 1.35 bits per heavy atom. The summed E-state index contributed by atoms with van der Waals surface area (Å²) in [7, 11) is 1.72. The Hall–Kier alpha value is -1.59. The van der Waals surface area contributed by atoms with Crippen LogP contribution in [0.2, 0.25) is 0 Å². The van der Waals surface area contributed by atoms with E-state index in [0.717, 1.165) is 5.69 Å². The van der Waals surface area contributed by atoms with Crippen LogP contribution in [0.1, 0.15) is 12.8 Å². The van der Waals surface area contributed by atoms with Crippen LogP contribution in [0.5, 0.6) is 0 Å². The zero-order valence-corrected chi connectivity index (χ0v) is 11.8. The fraction of sp³-hybridized carbons (Fsp3) is 0.533. The molecule has 1 fully saturated rings. The highest BCUT2D eigenvalue weighted by Crippen LogP contribution is 2.21. The van der Waals surface area contributed by atoms with Gasteiger partial charge in [-0.05, 0) is 12.1 Å². The average molecular weight is 278 g/mol. The number of ether oxygens (including phenoxy) is 1. The number of benzene rings is 1. The molecule has 1 saturated heterocycles. The van der Waals surface area contributed by atoms with E-state index in [0.29, 0.717) is 32.6 Å². The molecule has 0 saturated carbocycles. The first-order chi connectivity index (χ1) is 9.59. The SMILES string of the molecule is CN(CC1(O)CCOCC1)C(=O)CNc1ccccc1. The molecule has 0 radical (unpaired) electrons. The predicted octanol–water partition coefficient (Wildman–Crippen LogP) is 1.10. The molecule has 1 amide bonds. The Morgan fingerprint density at radius 3 is 2.65 bits per heavy atom. The standard InChI is InChI=1S/C15H22N2O3/c1-17(12-15(19)7-9-20-10-8-15)14(18)11-16-13-5-3-2-4-6-13/h2-6,16,19H,7-12H2,1H3. The van der Waals surface area contributed by atoms with Crippen LogP contribution in [0.15, 0.2) is 30.3 Å². The lowest BCUT2D eigenvalue weighted by atomic mass is 9.94. The molecule has 0 aromatic heterocycles. The first kappa shape index (κ1) is 14.8. The van der Waals surface area contributed by atoms with Crippen LogP contribution < -0.4 is 5.32 Å². The van der Waals surface area contributed by atoms with E-state index < -0.39 is 5.60 Å². The number of hydrogen-bond acceptors (Lipinski definition) is 4. The van der Waals surface area contributed by atoms with Crippen LogP contribution in [0.3, 0.4) is 0 Å². The van der Waals surface area contributed by atoms with E-state index in [1.54, 1.807) is 11.9 Å². The van der Waals surface area contributed by atoms with Crippen molar-refractivity contribution in [2.45, 2.75) is 18.4 Å². The monoisotopic (exact) mass is 278 g/mol. The summed E-state index contributed by atoms with van der Waals surface area (Å²) in [5.74, 6) is -0.0335. The van der Waals surface area contributed by atoms with Crippen molar-refractivity contribution in [2.75, 3.05) is 38.7 Å². The number of rotatable bonds is 5. The Balaban J connectivity index is 1.79. The molecule has 0 atom stereocenters. The largest absolute Gasteiger partial charge is 0.388 e. The molecule has 110 valence electrons. The number of para-hydroxylation sites is 1. The van der Waals surface area contributed by atoms with Crippen LogP contribution in [0, 0.1) is 0 Å². The van der Waals surface area contributed by atoms with Gasteiger partial charge >= 0.3 is 0 Å². The van der Waals surface area contributed by atoms with Crippen molar-refractivity contribution in [2.24, 2.45) is 0 Å². The molecule has 2 N–H and O–H groups in total. The molecule has 5 heteroatoms. The minimum atomic E-state index is -0.810. The number of likely N-dealkylation sites (N-methyl/N-ethyl adjacent to an activating group) is 1. The minimum absolute atomic E-state index is 0.0335. The van der Waals surface area contributed by atoms with Crippen LogP contribution in [0.4, 0.5) is 5.69 Å². The molecule has 0 spiro atoms. The fourth-order valence-electron chi connectivity index (χ4n) is 2.31. The van der Waals surface area contributed by atoms with Gasteiger partial charge in [-0.3, -0.25) is 4.79 Å². The summed E-state index contributed by atoms with van der Waals surface area (Å²) < 4.78 is 5.24. The van der Waals surface area contributed by atoms with Crippen LogP contribution in [-0.2, 0) is 9.53 Å². The topological polar surface area (TPSA) is 61.8 Å². The summed E-state index contributed by atoms with van der Waals surface area (Å²) in [6, 6.07) is 9.60. The molecule has 1 heterocycles. The molecule has 0 unspecified atom stereocenters. The lowest BCUT2D eigenvalue weighted by Crippen LogP contribution is -2.48. The van der Waals surface area contributed by atoms with Crippen molar-refractivity contribution in [3.05, 3.63) is 30.3 Å². The number of anilines is 1. The van der Waals surface area contributed by atoms with Gasteiger partial charge in [0.15, 0.2) is 0 Å². The molecule has 0 bridgehead atoms. The van der Waals surface area contributed by atoms with E-state index in [4.69, 9.17) is 4.74 Å². The Bertz CT molecular complexity index is 430. The van der Waals surface area contributed by atoms with Crippen molar-refractivity contribution in [1.29, 1.82) is 0 Å². The van der Waals surface area contributed by atoms with E-state index in [1.807, 2.05) is 30.3 Å². The molecule has 5 nitrogen and oxygen atoms in total. The molecule has 20 heavy (non-hydrogen) atoms. The third kappa shape index (κ3) is 4.21. The van der Waals surface area contributed by atoms with Gasteiger partial charge in [0, 0.05) is 45.3 Å². The van der Waals surface area contributed by atoms with Crippen LogP contribution in [0.25, 0.3) is 0 Å². The van der Waals surface area contributed by atoms with Gasteiger partial charge < -0.3 is 20.1 Å². The molecule has 1 aromatic carbocycles. The summed E-state index contributed by atoms with van der Waals surface area (Å²) in [6.45, 7) is 1.69. The molecular formula is C15H22N2O3. The Labute approximate surface area is 119 Å². The quantitative estimate of drug-likeness (QED) is 0.846. The molecule has 1 aromatic rings. The molecule has 0 aliphatic carbocycles. The Morgan fingerprint density at radius 2 is 2.00 bits per heavy atom. The van der Waals surface area contributed by atoms with E-state index in [2.05, 4.69) is 5.32 Å². The van der Waals surface area contributed by atoms with E-state index >= 15 is 0 Å². The van der Waals surface area contributed by atoms with Gasteiger partial charge in [-0.15, -0.1) is 0 Å². The predicted molar refractivity (Wildman–Crippen MR) is 77.6 cm³/mol. The van der Waals surface area contributed by atoms with Crippen molar-refractivity contribution in [3.8, 4) is 0 Å². The van der Waals surface area contributed by atoms with Gasteiger partial charge in [0.25, 0.3) is 0 Å². The highest BCUT2D eigenvalue weighted by Gasteiger charge is 2.32. The van der Waals surface area contributed by atoms with Crippen molar-refractivity contribution in [1.82, 2.24) is 4.90 Å². The third-order valence-electron chi connectivity index (χ3n) is 3.60. The van der Waals surface area contributed by atoms with Crippen molar-refractivity contribution in [3.63, 3.8) is 0 Å². The number of carbonyl (C=O) groups excluding carboxylic acids is 1. The van der Waals surface area contributed by atoms with E-state index in [-0.39, 0.29) is 12.5 Å². The molecule has 2 rings (SSSR count). The van der Waals surface area contributed by atoms with Gasteiger partial charge in [-0.1, -0.05) is 18.2 Å². The van der Waals surface area contributed by atoms with Crippen LogP contribution in [-0.4, -0.2) is 54.9 Å². The third-order valence-corrected chi connectivity index (χ3v) is 3.60. The first-order valence-corrected chi connectivity index (χ1v) is 6.92. The first-order valence-electron chi connectivity index (χ1n) is 6.92. The average Bonchev–Trinajstić information content (AvgIpc) is 2.46. The van der Waals surface area contributed by atoms with Gasteiger partial charge in [0.1, 0.15) is 0 Å². The maximum absolute atomic E-state index is 12.1.